The van der Waals surface area contributed by atoms with E-state index in [0.717, 1.165) is 35.7 Å². The first kappa shape index (κ1) is 21.5. The molecule has 0 aromatic heterocycles. The van der Waals surface area contributed by atoms with E-state index in [-0.39, 0.29) is 10.8 Å². The topological polar surface area (TPSA) is 75.7 Å². The van der Waals surface area contributed by atoms with Crippen molar-refractivity contribution in [2.75, 3.05) is 31.6 Å². The van der Waals surface area contributed by atoms with Gasteiger partial charge >= 0.3 is 0 Å². The lowest BCUT2D eigenvalue weighted by atomic mass is 9.78. The fraction of sp³-hybridized carbons (Fsp3) is 0.409. The zero-order valence-corrected chi connectivity index (χ0v) is 19.0. The molecule has 2 aromatic rings. The Labute approximate surface area is 185 Å². The third kappa shape index (κ3) is 4.19. The lowest BCUT2D eigenvalue weighted by molar-refractivity contribution is -0.121. The van der Waals surface area contributed by atoms with E-state index >= 15 is 0 Å². The molecule has 0 bridgehead atoms. The van der Waals surface area contributed by atoms with Gasteiger partial charge in [-0.15, -0.1) is 0 Å². The molecule has 4 rings (SSSR count). The van der Waals surface area contributed by atoms with E-state index in [4.69, 9.17) is 4.74 Å². The molecule has 1 heterocycles. The summed E-state index contributed by atoms with van der Waals surface area (Å²) in [5.41, 5.74) is 0.912. The summed E-state index contributed by atoms with van der Waals surface area (Å²) in [6.45, 7) is 1.47. The Morgan fingerprint density at radius 3 is 2.37 bits per heavy atom. The number of carbonyl (C=O) groups excluding carboxylic acids is 1. The van der Waals surface area contributed by atoms with Crippen molar-refractivity contribution < 1.29 is 17.9 Å². The van der Waals surface area contributed by atoms with Crippen LogP contribution in [-0.4, -0.2) is 44.9 Å². The standard InChI is InChI=1S/C22H25BrN2O4S/c23-18-8-6-17(7-9-18)22(10-1-2-11-22)21(26)24-19-4-3-5-20(16-19)30(27,28)25-12-14-29-15-13-25/h3-9,16H,1-2,10-15H2,(H,24,26). The SMILES string of the molecule is O=C(Nc1cccc(S(=O)(=O)N2CCOCC2)c1)C1(c2ccc(Br)cc2)CCCC1. The number of carbonyl (C=O) groups is 1. The average molecular weight is 493 g/mol. The molecule has 2 aromatic carbocycles. The molecule has 1 saturated heterocycles. The van der Waals surface area contributed by atoms with E-state index in [0.29, 0.717) is 32.0 Å². The minimum atomic E-state index is -3.61. The molecule has 0 spiro atoms. The lowest BCUT2D eigenvalue weighted by Gasteiger charge is -2.29. The summed E-state index contributed by atoms with van der Waals surface area (Å²) in [5, 5.41) is 2.99. The predicted molar refractivity (Wildman–Crippen MR) is 119 cm³/mol. The minimum Gasteiger partial charge on any atom is -0.379 e. The number of nitrogens with zero attached hydrogens (tertiary/aromatic N) is 1. The molecule has 160 valence electrons. The van der Waals surface area contributed by atoms with Crippen LogP contribution in [0.25, 0.3) is 0 Å². The van der Waals surface area contributed by atoms with E-state index in [1.807, 2.05) is 24.3 Å². The van der Waals surface area contributed by atoms with Gasteiger partial charge in [0.25, 0.3) is 0 Å². The number of nitrogens with one attached hydrogen (secondary N) is 1. The number of sulfonamides is 1. The number of hydrogen-bond donors (Lipinski definition) is 1. The van der Waals surface area contributed by atoms with Crippen molar-refractivity contribution in [3.05, 3.63) is 58.6 Å². The van der Waals surface area contributed by atoms with Crippen LogP contribution in [0.2, 0.25) is 0 Å². The van der Waals surface area contributed by atoms with Gasteiger partial charge in [0.1, 0.15) is 0 Å². The van der Waals surface area contributed by atoms with Gasteiger partial charge in [0, 0.05) is 23.2 Å². The molecule has 1 saturated carbocycles. The van der Waals surface area contributed by atoms with Gasteiger partial charge in [-0.1, -0.05) is 47.0 Å². The molecule has 8 heteroatoms. The predicted octanol–water partition coefficient (Wildman–Crippen LogP) is 3.92. The molecular formula is C22H25BrN2O4S. The van der Waals surface area contributed by atoms with Gasteiger partial charge in [0.15, 0.2) is 0 Å². The summed E-state index contributed by atoms with van der Waals surface area (Å²) in [6, 6.07) is 14.4. The number of anilines is 1. The first-order chi connectivity index (χ1) is 14.4. The van der Waals surface area contributed by atoms with Gasteiger partial charge in [0.05, 0.1) is 23.5 Å². The van der Waals surface area contributed by atoms with E-state index in [2.05, 4.69) is 21.2 Å². The molecule has 1 aliphatic carbocycles. The Bertz CT molecular complexity index is 1010. The highest BCUT2D eigenvalue weighted by atomic mass is 79.9. The Morgan fingerprint density at radius 1 is 1.03 bits per heavy atom. The maximum Gasteiger partial charge on any atom is 0.243 e. The first-order valence-electron chi connectivity index (χ1n) is 10.2. The normalized spacial score (nSPS) is 19.5. The van der Waals surface area contributed by atoms with Crippen molar-refractivity contribution in [3.8, 4) is 0 Å². The fourth-order valence-electron chi connectivity index (χ4n) is 4.32. The van der Waals surface area contributed by atoms with Crippen LogP contribution in [0.1, 0.15) is 31.2 Å². The number of ether oxygens (including phenoxy) is 1. The van der Waals surface area contributed by atoms with E-state index in [9.17, 15) is 13.2 Å². The van der Waals surface area contributed by atoms with Crippen LogP contribution in [0.5, 0.6) is 0 Å². The Morgan fingerprint density at radius 2 is 1.70 bits per heavy atom. The molecule has 2 aliphatic rings. The summed E-state index contributed by atoms with van der Waals surface area (Å²) in [6.07, 6.45) is 3.56. The summed E-state index contributed by atoms with van der Waals surface area (Å²) >= 11 is 3.45. The number of amides is 1. The molecule has 6 nitrogen and oxygen atoms in total. The van der Waals surface area contributed by atoms with E-state index in [1.165, 1.54) is 4.31 Å². The highest BCUT2D eigenvalue weighted by Gasteiger charge is 2.42. The zero-order valence-electron chi connectivity index (χ0n) is 16.6. The second kappa shape index (κ2) is 8.78. The van der Waals surface area contributed by atoms with Crippen molar-refractivity contribution in [1.29, 1.82) is 0 Å². The van der Waals surface area contributed by atoms with Crippen LogP contribution in [-0.2, 0) is 25.0 Å². The number of morpholine rings is 1. The monoisotopic (exact) mass is 492 g/mol. The van der Waals surface area contributed by atoms with Crippen molar-refractivity contribution in [2.45, 2.75) is 36.0 Å². The molecule has 30 heavy (non-hydrogen) atoms. The lowest BCUT2D eigenvalue weighted by Crippen LogP contribution is -2.40. The summed E-state index contributed by atoms with van der Waals surface area (Å²) in [5.74, 6) is -0.0803. The van der Waals surface area contributed by atoms with Crippen LogP contribution < -0.4 is 5.32 Å². The van der Waals surface area contributed by atoms with Crippen LogP contribution in [0.3, 0.4) is 0 Å². The average Bonchev–Trinajstić information content (AvgIpc) is 3.26. The number of benzene rings is 2. The van der Waals surface area contributed by atoms with Crippen molar-refractivity contribution in [2.24, 2.45) is 0 Å². The molecular weight excluding hydrogens is 468 g/mol. The van der Waals surface area contributed by atoms with Crippen LogP contribution >= 0.6 is 15.9 Å². The van der Waals surface area contributed by atoms with Gasteiger partial charge in [-0.05, 0) is 48.7 Å². The summed E-state index contributed by atoms with van der Waals surface area (Å²) < 4.78 is 33.6. The molecule has 0 unspecified atom stereocenters. The highest BCUT2D eigenvalue weighted by Crippen LogP contribution is 2.42. The summed E-state index contributed by atoms with van der Waals surface area (Å²) in [7, 11) is -3.61. The van der Waals surface area contributed by atoms with E-state index in [1.54, 1.807) is 24.3 Å². The van der Waals surface area contributed by atoms with E-state index < -0.39 is 15.4 Å². The van der Waals surface area contributed by atoms with Crippen molar-refractivity contribution in [1.82, 2.24) is 4.31 Å². The Kier molecular flexibility index (Phi) is 6.29. The smallest absolute Gasteiger partial charge is 0.243 e. The van der Waals surface area contributed by atoms with Crippen molar-refractivity contribution in [3.63, 3.8) is 0 Å². The van der Waals surface area contributed by atoms with Gasteiger partial charge in [0.2, 0.25) is 15.9 Å². The zero-order chi connectivity index (χ0) is 21.2. The van der Waals surface area contributed by atoms with Crippen LogP contribution in [0.4, 0.5) is 5.69 Å². The molecule has 1 N–H and O–H groups in total. The maximum absolute atomic E-state index is 13.4. The van der Waals surface area contributed by atoms with Crippen molar-refractivity contribution >= 4 is 37.5 Å². The second-order valence-corrected chi connectivity index (χ2v) is 10.6. The molecule has 0 atom stereocenters. The van der Waals surface area contributed by atoms with Gasteiger partial charge < -0.3 is 10.1 Å². The summed E-state index contributed by atoms with van der Waals surface area (Å²) in [4.78, 5) is 13.6. The largest absolute Gasteiger partial charge is 0.379 e. The second-order valence-electron chi connectivity index (χ2n) is 7.79. The number of hydrogen-bond acceptors (Lipinski definition) is 4. The maximum atomic E-state index is 13.4. The Balaban J connectivity index is 1.58. The van der Waals surface area contributed by atoms with Gasteiger partial charge in [-0.2, -0.15) is 4.31 Å². The van der Waals surface area contributed by atoms with Gasteiger partial charge in [-0.3, -0.25) is 4.79 Å². The minimum absolute atomic E-state index is 0.0803. The molecule has 1 aliphatic heterocycles. The highest BCUT2D eigenvalue weighted by molar-refractivity contribution is 9.10. The molecule has 1 amide bonds. The third-order valence-electron chi connectivity index (χ3n) is 5.99. The Hall–Kier alpha value is -1.74. The van der Waals surface area contributed by atoms with Gasteiger partial charge in [-0.25, -0.2) is 8.42 Å². The number of rotatable bonds is 5. The number of halogens is 1. The van der Waals surface area contributed by atoms with Crippen LogP contribution in [0.15, 0.2) is 57.9 Å². The quantitative estimate of drug-likeness (QED) is 0.685. The molecule has 2 fully saturated rings. The fourth-order valence-corrected chi connectivity index (χ4v) is 6.03. The third-order valence-corrected chi connectivity index (χ3v) is 8.41. The first-order valence-corrected chi connectivity index (χ1v) is 12.4. The molecule has 0 radical (unpaired) electrons. The van der Waals surface area contributed by atoms with Crippen LogP contribution in [0, 0.1) is 0 Å².